The number of rotatable bonds is 6. The molecule has 0 aliphatic heterocycles. The van der Waals surface area contributed by atoms with Crippen molar-refractivity contribution in [2.24, 2.45) is 0 Å². The molecule has 240 valence electrons. The molecule has 0 spiro atoms. The van der Waals surface area contributed by atoms with E-state index in [1.165, 1.54) is 0 Å². The summed E-state index contributed by atoms with van der Waals surface area (Å²) in [6.45, 7) is 33.6. The molecule has 0 aliphatic carbocycles. The summed E-state index contributed by atoms with van der Waals surface area (Å²) in [4.78, 5) is 21.0. The molecule has 13 heteroatoms. The van der Waals surface area contributed by atoms with Crippen LogP contribution in [0, 0.1) is 0 Å². The molecule has 10 nitrogen and oxygen atoms in total. The maximum Gasteiger partial charge on any atom is 0.678 e. The Morgan fingerprint density at radius 1 is 0.308 bits per heavy atom. The third-order valence-corrected chi connectivity index (χ3v) is 7.83. The molecule has 0 aromatic rings. The molecular weight excluding hydrogens is 620 g/mol. The zero-order chi connectivity index (χ0) is 32.2. The maximum atomic E-state index is 10.5. The summed E-state index contributed by atoms with van der Waals surface area (Å²) in [6.07, 6.45) is 0. The zero-order valence-corrected chi connectivity index (χ0v) is 33.2. The third kappa shape index (κ3) is 38.9. The molecule has 0 amide bonds. The van der Waals surface area contributed by atoms with Crippen molar-refractivity contribution in [3.05, 3.63) is 0 Å². The Balaban J connectivity index is -0.000000171. The molecule has 0 rings (SSSR count). The predicted molar refractivity (Wildman–Crippen MR) is 157 cm³/mol. The first-order chi connectivity index (χ1) is 16.2. The summed E-state index contributed by atoms with van der Waals surface area (Å²) in [6, 6.07) is 0. The third-order valence-electron chi connectivity index (χ3n) is 2.61. The van der Waals surface area contributed by atoms with Crippen molar-refractivity contribution in [2.45, 2.75) is 158 Å². The van der Waals surface area contributed by atoms with Gasteiger partial charge < -0.3 is 46.4 Å². The van der Waals surface area contributed by atoms with Gasteiger partial charge in [-0.05, 0) is 125 Å². The second-order valence-electron chi connectivity index (χ2n) is 14.3. The van der Waals surface area contributed by atoms with E-state index in [1.807, 2.05) is 125 Å². The first kappa shape index (κ1) is 49.6. The summed E-state index contributed by atoms with van der Waals surface area (Å²) in [5, 5.41) is 14.0. The minimum Gasteiger partial charge on any atom is -0.400 e. The molecule has 0 heterocycles. The molecule has 0 aromatic carbocycles. The molecule has 0 fully saturated rings. The number of aliphatic hydroxyl groups is 2. The van der Waals surface area contributed by atoms with E-state index < -0.39 is 51.7 Å². The van der Waals surface area contributed by atoms with Crippen LogP contribution in [0.1, 0.15) is 125 Å². The van der Waals surface area contributed by atoms with Crippen LogP contribution in [0.3, 0.4) is 0 Å². The normalized spacial score (nSPS) is 13.5. The smallest absolute Gasteiger partial charge is 0.400 e. The minimum absolute atomic E-state index is 0. The van der Waals surface area contributed by atoms with Crippen molar-refractivity contribution in [3.8, 4) is 0 Å². The van der Waals surface area contributed by atoms with Crippen molar-refractivity contribution in [3.63, 3.8) is 0 Å². The Labute approximate surface area is 262 Å². The molecule has 0 saturated heterocycles. The van der Waals surface area contributed by atoms with Crippen molar-refractivity contribution >= 4 is 18.1 Å². The largest absolute Gasteiger partial charge is 0.678 e. The Bertz CT molecular complexity index is 474. The van der Waals surface area contributed by atoms with Gasteiger partial charge in [0, 0.05) is 40.4 Å². The van der Waals surface area contributed by atoms with E-state index in [9.17, 15) is 9.59 Å². The van der Waals surface area contributed by atoms with Gasteiger partial charge in [-0.1, -0.05) is 0 Å². The number of hydrogen-bond donors (Lipinski definition) is 4. The van der Waals surface area contributed by atoms with Crippen molar-refractivity contribution in [1.82, 2.24) is 0 Å². The van der Waals surface area contributed by atoms with E-state index in [1.54, 1.807) is 0 Å². The molecule has 0 aliphatic rings. The van der Waals surface area contributed by atoms with Gasteiger partial charge in [-0.2, -0.15) is 0 Å². The van der Waals surface area contributed by atoms with Crippen LogP contribution < -0.4 is 0 Å². The first-order valence-electron chi connectivity index (χ1n) is 12.8. The monoisotopic (exact) mass is 682 g/mol. The molecular formula is C26H64O10Si2Zr. The Morgan fingerprint density at radius 3 is 0.436 bits per heavy atom. The zero-order valence-electron chi connectivity index (χ0n) is 28.7. The van der Waals surface area contributed by atoms with Gasteiger partial charge >= 0.3 is 18.1 Å². The molecule has 39 heavy (non-hydrogen) atoms. The van der Waals surface area contributed by atoms with Gasteiger partial charge in [-0.3, -0.25) is 0 Å². The van der Waals surface area contributed by atoms with E-state index in [2.05, 4.69) is 0 Å². The summed E-state index contributed by atoms with van der Waals surface area (Å²) in [5.74, 6) is 0. The second-order valence-corrected chi connectivity index (χ2v) is 17.7. The summed E-state index contributed by atoms with van der Waals surface area (Å²) in [5.41, 5.74) is -3.10. The fraction of sp³-hybridized carbons (Fsp3) is 1.00. The van der Waals surface area contributed by atoms with Crippen LogP contribution in [0.25, 0.3) is 0 Å². The second kappa shape index (κ2) is 18.6. The van der Waals surface area contributed by atoms with Crippen LogP contribution in [-0.2, 0) is 52.8 Å². The molecule has 0 atom stereocenters. The average Bonchev–Trinajstić information content (AvgIpc) is 2.46. The van der Waals surface area contributed by atoms with Gasteiger partial charge in [0.1, 0.15) is 0 Å². The van der Waals surface area contributed by atoms with Crippen LogP contribution in [0.5, 0.6) is 0 Å². The van der Waals surface area contributed by atoms with E-state index in [-0.39, 0.29) is 26.2 Å². The maximum absolute atomic E-state index is 10.5. The quantitative estimate of drug-likeness (QED) is 0.285. The molecule has 0 radical (unpaired) electrons. The van der Waals surface area contributed by atoms with Gasteiger partial charge in [-0.15, -0.1) is 0 Å². The minimum atomic E-state index is -3.66. The van der Waals surface area contributed by atoms with Crippen LogP contribution in [0.15, 0.2) is 0 Å². The molecule has 0 unspecified atom stereocenters. The van der Waals surface area contributed by atoms with Crippen LogP contribution in [0.4, 0.5) is 0 Å². The van der Waals surface area contributed by atoms with Crippen molar-refractivity contribution in [2.75, 3.05) is 14.2 Å². The predicted octanol–water partition coefficient (Wildman–Crippen LogP) is 4.93. The van der Waals surface area contributed by atoms with Gasteiger partial charge in [0.15, 0.2) is 0 Å². The van der Waals surface area contributed by atoms with Gasteiger partial charge in [0.2, 0.25) is 0 Å². The molecule has 4 N–H and O–H groups in total. The van der Waals surface area contributed by atoms with Gasteiger partial charge in [0.25, 0.3) is 0 Å². The average molecular weight is 684 g/mol. The Morgan fingerprint density at radius 2 is 0.385 bits per heavy atom. The molecule has 0 aromatic heterocycles. The van der Waals surface area contributed by atoms with E-state index in [4.69, 9.17) is 36.8 Å². The van der Waals surface area contributed by atoms with Crippen molar-refractivity contribution < 1.29 is 72.6 Å². The van der Waals surface area contributed by atoms with E-state index >= 15 is 0 Å². The van der Waals surface area contributed by atoms with Crippen LogP contribution in [-0.4, -0.2) is 85.7 Å². The fourth-order valence-corrected chi connectivity index (χ4v) is 7.34. The first-order valence-corrected chi connectivity index (χ1v) is 16.1. The topological polar surface area (TPSA) is 136 Å². The standard InChI is InChI=1S/2C12H28O4Si.2CH4O.Zr/c2*1-10(2,3)14-17(13,15-11(4,5)6)16-12(7,8)9;2*1-2;/h2*13H,1-9H3;2*2H,1H3;. The van der Waals surface area contributed by atoms with Gasteiger partial charge in [0.05, 0.1) is 33.6 Å². The number of aliphatic hydroxyl groups excluding tert-OH is 2. The Kier molecular flexibility index (Phi) is 23.6. The summed E-state index contributed by atoms with van der Waals surface area (Å²) in [7, 11) is -5.31. The van der Waals surface area contributed by atoms with Crippen molar-refractivity contribution in [1.29, 1.82) is 0 Å². The van der Waals surface area contributed by atoms with E-state index in [0.717, 1.165) is 14.2 Å². The summed E-state index contributed by atoms with van der Waals surface area (Å²) >= 11 is 0. The molecule has 0 bridgehead atoms. The summed E-state index contributed by atoms with van der Waals surface area (Å²) < 4.78 is 33.8. The SMILES string of the molecule is CC(C)(C)O[Si](O)(OC(C)(C)C)OC(C)(C)C.CC(C)(C)O[Si](O)(OC(C)(C)C)OC(C)(C)C.CO.CO.[Zr]. The number of hydrogen-bond acceptors (Lipinski definition) is 10. The fourth-order valence-electron chi connectivity index (χ4n) is 2.45. The van der Waals surface area contributed by atoms with E-state index in [0.29, 0.717) is 0 Å². The van der Waals surface area contributed by atoms with Crippen LogP contribution >= 0.6 is 0 Å². The molecule has 0 saturated carbocycles. The Hall–Kier alpha value is 0.917. The van der Waals surface area contributed by atoms with Crippen LogP contribution in [0.2, 0.25) is 0 Å². The van der Waals surface area contributed by atoms with Gasteiger partial charge in [-0.25, -0.2) is 0 Å².